The first-order valence-electron chi connectivity index (χ1n) is 5.56. The lowest BCUT2D eigenvalue weighted by atomic mass is 10.2. The summed E-state index contributed by atoms with van der Waals surface area (Å²) >= 11 is 11.6. The minimum absolute atomic E-state index is 0.0677. The Morgan fingerprint density at radius 3 is 2.26 bits per heavy atom. The second-order valence-electron chi connectivity index (χ2n) is 4.18. The van der Waals surface area contributed by atoms with E-state index in [0.717, 1.165) is 25.0 Å². The molecular weight excluding hydrogens is 313 g/mol. The van der Waals surface area contributed by atoms with E-state index >= 15 is 0 Å². The fraction of sp³-hybridized carbons (Fsp3) is 0.364. The highest BCUT2D eigenvalue weighted by Crippen LogP contribution is 2.31. The summed E-state index contributed by atoms with van der Waals surface area (Å²) in [5.74, 6) is -1.29. The van der Waals surface area contributed by atoms with E-state index in [0.29, 0.717) is 13.1 Å². The van der Waals surface area contributed by atoms with Gasteiger partial charge in [-0.1, -0.05) is 23.2 Å². The van der Waals surface area contributed by atoms with Gasteiger partial charge in [-0.05, 0) is 25.0 Å². The van der Waals surface area contributed by atoms with Gasteiger partial charge in [0, 0.05) is 13.1 Å². The van der Waals surface area contributed by atoms with Gasteiger partial charge in [-0.25, -0.2) is 13.2 Å². The van der Waals surface area contributed by atoms with Crippen LogP contribution in [0, 0.1) is 0 Å². The van der Waals surface area contributed by atoms with E-state index in [-0.39, 0.29) is 20.5 Å². The minimum atomic E-state index is -3.76. The normalized spacial score (nSPS) is 16.7. The maximum atomic E-state index is 12.3. The molecule has 1 aliphatic rings. The molecular formula is C11H11Cl2NO4S. The molecule has 0 aromatic heterocycles. The average Bonchev–Trinajstić information content (AvgIpc) is 2.81. The maximum absolute atomic E-state index is 12.3. The first-order valence-corrected chi connectivity index (χ1v) is 7.76. The zero-order valence-corrected chi connectivity index (χ0v) is 12.1. The van der Waals surface area contributed by atoms with Crippen LogP contribution in [0.4, 0.5) is 0 Å². The van der Waals surface area contributed by atoms with Crippen molar-refractivity contribution in [1.82, 2.24) is 4.31 Å². The van der Waals surface area contributed by atoms with Crippen molar-refractivity contribution in [3.05, 3.63) is 27.7 Å². The van der Waals surface area contributed by atoms with Gasteiger partial charge in [0.15, 0.2) is 0 Å². The lowest BCUT2D eigenvalue weighted by Crippen LogP contribution is -2.28. The highest BCUT2D eigenvalue weighted by atomic mass is 35.5. The number of carboxylic acid groups (broad SMARTS) is 1. The summed E-state index contributed by atoms with van der Waals surface area (Å²) in [6.07, 6.45) is 1.58. The number of benzene rings is 1. The van der Waals surface area contributed by atoms with Gasteiger partial charge in [-0.2, -0.15) is 4.31 Å². The third-order valence-electron chi connectivity index (χ3n) is 2.93. The zero-order chi connectivity index (χ0) is 14.2. The Balaban J connectivity index is 2.55. The molecule has 0 unspecified atom stereocenters. The highest BCUT2D eigenvalue weighted by Gasteiger charge is 2.30. The van der Waals surface area contributed by atoms with Crippen LogP contribution < -0.4 is 0 Å². The van der Waals surface area contributed by atoms with Crippen LogP contribution in [0.25, 0.3) is 0 Å². The molecule has 1 N–H and O–H groups in total. The van der Waals surface area contributed by atoms with Gasteiger partial charge in [-0.15, -0.1) is 0 Å². The molecule has 104 valence electrons. The van der Waals surface area contributed by atoms with E-state index in [2.05, 4.69) is 0 Å². The Bertz CT molecular complexity index is 624. The molecule has 0 amide bonds. The second-order valence-corrected chi connectivity index (χ2v) is 6.90. The van der Waals surface area contributed by atoms with Crippen molar-refractivity contribution in [3.63, 3.8) is 0 Å². The van der Waals surface area contributed by atoms with Crippen LogP contribution in [-0.4, -0.2) is 36.9 Å². The van der Waals surface area contributed by atoms with Crippen molar-refractivity contribution in [1.29, 1.82) is 0 Å². The van der Waals surface area contributed by atoms with Crippen molar-refractivity contribution < 1.29 is 18.3 Å². The molecule has 1 aliphatic heterocycles. The van der Waals surface area contributed by atoms with Gasteiger partial charge in [-0.3, -0.25) is 0 Å². The second kappa shape index (κ2) is 5.28. The SMILES string of the molecule is O=C(O)c1cc(S(=O)(=O)N2CCCC2)c(Cl)cc1Cl. The summed E-state index contributed by atoms with van der Waals surface area (Å²) in [7, 11) is -3.76. The fourth-order valence-corrected chi connectivity index (χ4v) is 4.30. The van der Waals surface area contributed by atoms with Crippen LogP contribution >= 0.6 is 23.2 Å². The number of nitrogens with zero attached hydrogens (tertiary/aromatic N) is 1. The number of hydrogen-bond acceptors (Lipinski definition) is 3. The molecule has 19 heavy (non-hydrogen) atoms. The summed E-state index contributed by atoms with van der Waals surface area (Å²) in [5, 5.41) is 8.82. The Kier molecular flexibility index (Phi) is 4.06. The van der Waals surface area contributed by atoms with Crippen molar-refractivity contribution in [2.75, 3.05) is 13.1 Å². The van der Waals surface area contributed by atoms with Gasteiger partial charge >= 0.3 is 5.97 Å². The lowest BCUT2D eigenvalue weighted by Gasteiger charge is -2.17. The van der Waals surface area contributed by atoms with Gasteiger partial charge in [0.25, 0.3) is 0 Å². The van der Waals surface area contributed by atoms with Crippen molar-refractivity contribution in [2.24, 2.45) is 0 Å². The number of halogens is 2. The van der Waals surface area contributed by atoms with Crippen molar-refractivity contribution in [2.45, 2.75) is 17.7 Å². The first-order chi connectivity index (χ1) is 8.84. The molecule has 0 atom stereocenters. The average molecular weight is 324 g/mol. The molecule has 1 heterocycles. The minimum Gasteiger partial charge on any atom is -0.478 e. The van der Waals surface area contributed by atoms with Crippen LogP contribution in [0.2, 0.25) is 10.0 Å². The van der Waals surface area contributed by atoms with E-state index < -0.39 is 16.0 Å². The number of carboxylic acids is 1. The largest absolute Gasteiger partial charge is 0.478 e. The van der Waals surface area contributed by atoms with Crippen LogP contribution in [0.5, 0.6) is 0 Å². The fourth-order valence-electron chi connectivity index (χ4n) is 1.96. The third-order valence-corrected chi connectivity index (χ3v) is 5.61. The number of sulfonamides is 1. The molecule has 0 saturated carbocycles. The monoisotopic (exact) mass is 323 g/mol. The van der Waals surface area contributed by atoms with E-state index in [9.17, 15) is 13.2 Å². The third kappa shape index (κ3) is 2.72. The molecule has 1 aromatic rings. The lowest BCUT2D eigenvalue weighted by molar-refractivity contribution is 0.0697. The van der Waals surface area contributed by atoms with Gasteiger partial charge in [0.1, 0.15) is 4.90 Å². The molecule has 8 heteroatoms. The quantitative estimate of drug-likeness (QED) is 0.927. The molecule has 2 rings (SSSR count). The highest BCUT2D eigenvalue weighted by molar-refractivity contribution is 7.89. The zero-order valence-electron chi connectivity index (χ0n) is 9.77. The van der Waals surface area contributed by atoms with Gasteiger partial charge in [0.05, 0.1) is 15.6 Å². The molecule has 1 aromatic carbocycles. The van der Waals surface area contributed by atoms with Crippen LogP contribution in [0.1, 0.15) is 23.2 Å². The summed E-state index contributed by atoms with van der Waals surface area (Å²) < 4.78 is 26.0. The molecule has 0 spiro atoms. The molecule has 1 fully saturated rings. The van der Waals surface area contributed by atoms with Gasteiger partial charge in [0.2, 0.25) is 10.0 Å². The number of aromatic carboxylic acids is 1. The molecule has 0 bridgehead atoms. The Morgan fingerprint density at radius 1 is 1.16 bits per heavy atom. The maximum Gasteiger partial charge on any atom is 0.337 e. The summed E-state index contributed by atoms with van der Waals surface area (Å²) in [5.41, 5.74) is -0.274. The summed E-state index contributed by atoms with van der Waals surface area (Å²) in [6.45, 7) is 0.841. The van der Waals surface area contributed by atoms with E-state index in [1.807, 2.05) is 0 Å². The molecule has 0 radical (unpaired) electrons. The molecule has 1 saturated heterocycles. The summed E-state index contributed by atoms with van der Waals surface area (Å²) in [6, 6.07) is 2.16. The van der Waals surface area contributed by atoms with Gasteiger partial charge < -0.3 is 5.11 Å². The van der Waals surface area contributed by atoms with E-state index in [1.54, 1.807) is 0 Å². The number of carbonyl (C=O) groups is 1. The number of rotatable bonds is 3. The van der Waals surface area contributed by atoms with Crippen molar-refractivity contribution >= 4 is 39.2 Å². The van der Waals surface area contributed by atoms with Crippen LogP contribution in [0.15, 0.2) is 17.0 Å². The Labute approximate surface area is 120 Å². The molecule has 5 nitrogen and oxygen atoms in total. The van der Waals surface area contributed by atoms with E-state index in [1.165, 1.54) is 4.31 Å². The smallest absolute Gasteiger partial charge is 0.337 e. The Hall–Kier alpha value is -0.820. The van der Waals surface area contributed by atoms with Crippen LogP contribution in [-0.2, 0) is 10.0 Å². The van der Waals surface area contributed by atoms with Crippen LogP contribution in [0.3, 0.4) is 0 Å². The standard InChI is InChI=1S/C11H11Cl2NO4S/c12-8-6-9(13)10(5-7(8)11(15)16)19(17,18)14-3-1-2-4-14/h5-6H,1-4H2,(H,15,16). The summed E-state index contributed by atoms with van der Waals surface area (Å²) in [4.78, 5) is 10.8. The first kappa shape index (κ1) is 14.6. The molecule has 0 aliphatic carbocycles. The number of hydrogen-bond donors (Lipinski definition) is 1. The Morgan fingerprint density at radius 2 is 1.74 bits per heavy atom. The van der Waals surface area contributed by atoms with E-state index in [4.69, 9.17) is 28.3 Å². The van der Waals surface area contributed by atoms with Crippen molar-refractivity contribution in [3.8, 4) is 0 Å². The topological polar surface area (TPSA) is 74.7 Å². The predicted molar refractivity (Wildman–Crippen MR) is 71.4 cm³/mol. The predicted octanol–water partition coefficient (Wildman–Crippen LogP) is 2.48.